The maximum Gasteiger partial charge on any atom is 0.119 e. The van der Waals surface area contributed by atoms with Crippen molar-refractivity contribution in [2.75, 3.05) is 27.3 Å². The molecule has 0 saturated carbocycles. The summed E-state index contributed by atoms with van der Waals surface area (Å²) in [5.41, 5.74) is 9.95. The first-order valence-corrected chi connectivity index (χ1v) is 12.2. The van der Waals surface area contributed by atoms with E-state index in [-0.39, 0.29) is 0 Å². The number of nitrogens with one attached hydrogen (secondary N) is 2. The molecule has 0 saturated heterocycles. The smallest absolute Gasteiger partial charge is 0.119 e. The minimum Gasteiger partial charge on any atom is -0.497 e. The van der Waals surface area contributed by atoms with Crippen LogP contribution in [0.1, 0.15) is 48.2 Å². The number of benzene rings is 2. The summed E-state index contributed by atoms with van der Waals surface area (Å²) >= 11 is 0. The molecule has 2 aromatic carbocycles. The first-order valence-electron chi connectivity index (χ1n) is 12.2. The molecule has 34 heavy (non-hydrogen) atoms. The van der Waals surface area contributed by atoms with Crippen LogP contribution < -0.4 is 9.47 Å². The predicted molar refractivity (Wildman–Crippen MR) is 138 cm³/mol. The van der Waals surface area contributed by atoms with Crippen molar-refractivity contribution >= 4 is 33.2 Å². The molecule has 2 aliphatic heterocycles. The second-order valence-corrected chi connectivity index (χ2v) is 9.14. The van der Waals surface area contributed by atoms with Gasteiger partial charge in [-0.2, -0.15) is 0 Å². The Bertz CT molecular complexity index is 1330. The van der Waals surface area contributed by atoms with Gasteiger partial charge in [0.2, 0.25) is 0 Å². The Hall–Kier alpha value is -3.54. The summed E-state index contributed by atoms with van der Waals surface area (Å²) in [6, 6.07) is 12.5. The number of nitrogens with zero attached hydrogens (tertiary/aromatic N) is 2. The SMILES string of the molecule is COc1ccc2[nH]c3c(c2c1)CCN=C3CCCCC1=NCCc2c1[nH]c1ccc(OC)cc21. The summed E-state index contributed by atoms with van der Waals surface area (Å²) in [7, 11) is 3.44. The summed E-state index contributed by atoms with van der Waals surface area (Å²) in [5.74, 6) is 1.81. The molecule has 0 atom stereocenters. The van der Waals surface area contributed by atoms with E-state index in [1.807, 2.05) is 12.1 Å². The zero-order chi connectivity index (χ0) is 23.1. The molecule has 2 N–H and O–H groups in total. The molecular weight excluding hydrogens is 424 g/mol. The second kappa shape index (κ2) is 8.67. The first-order chi connectivity index (χ1) is 16.7. The fourth-order valence-electron chi connectivity index (χ4n) is 5.48. The molecule has 0 aliphatic carbocycles. The molecule has 0 bridgehead atoms. The molecule has 0 spiro atoms. The second-order valence-electron chi connectivity index (χ2n) is 9.14. The van der Waals surface area contributed by atoms with Crippen LogP contribution in [0.4, 0.5) is 0 Å². The number of H-pyrrole nitrogens is 2. The predicted octanol–water partition coefficient (Wildman–Crippen LogP) is 5.62. The van der Waals surface area contributed by atoms with Crippen molar-refractivity contribution in [1.82, 2.24) is 9.97 Å². The van der Waals surface area contributed by atoms with E-state index in [9.17, 15) is 0 Å². The van der Waals surface area contributed by atoms with Crippen LogP contribution in [0.15, 0.2) is 46.4 Å². The molecular formula is C28H30N4O2. The topological polar surface area (TPSA) is 74.8 Å². The number of fused-ring (bicyclic) bond motifs is 6. The molecule has 0 unspecified atom stereocenters. The number of aromatic nitrogens is 2. The van der Waals surface area contributed by atoms with Crippen LogP contribution in [0.3, 0.4) is 0 Å². The Morgan fingerprint density at radius 1 is 0.706 bits per heavy atom. The number of aliphatic imine (C=N–C) groups is 2. The molecule has 4 aromatic rings. The third-order valence-corrected chi connectivity index (χ3v) is 7.21. The van der Waals surface area contributed by atoms with E-state index in [1.165, 1.54) is 55.7 Å². The highest BCUT2D eigenvalue weighted by Gasteiger charge is 2.21. The van der Waals surface area contributed by atoms with Crippen molar-refractivity contribution in [3.05, 3.63) is 58.9 Å². The Morgan fingerprint density at radius 2 is 1.18 bits per heavy atom. The molecule has 2 aliphatic rings. The summed E-state index contributed by atoms with van der Waals surface area (Å²) in [6.07, 6.45) is 6.13. The number of hydrogen-bond acceptors (Lipinski definition) is 4. The number of ether oxygens (including phenoxy) is 2. The maximum atomic E-state index is 5.44. The lowest BCUT2D eigenvalue weighted by molar-refractivity contribution is 0.415. The Balaban J connectivity index is 1.15. The average molecular weight is 455 g/mol. The highest BCUT2D eigenvalue weighted by Crippen LogP contribution is 2.32. The van der Waals surface area contributed by atoms with E-state index in [0.717, 1.165) is 63.1 Å². The minimum atomic E-state index is 0.862. The van der Waals surface area contributed by atoms with Gasteiger partial charge in [-0.25, -0.2) is 0 Å². The lowest BCUT2D eigenvalue weighted by atomic mass is 9.96. The van der Waals surface area contributed by atoms with Crippen molar-refractivity contribution in [2.45, 2.75) is 38.5 Å². The van der Waals surface area contributed by atoms with Crippen LogP contribution in [0, 0.1) is 0 Å². The molecule has 6 rings (SSSR count). The number of unbranched alkanes of at least 4 members (excludes halogenated alkanes) is 1. The first kappa shape index (κ1) is 21.0. The Labute approximate surface area is 199 Å². The third kappa shape index (κ3) is 3.58. The van der Waals surface area contributed by atoms with Crippen molar-refractivity contribution in [1.29, 1.82) is 0 Å². The van der Waals surface area contributed by atoms with Crippen molar-refractivity contribution < 1.29 is 9.47 Å². The lowest BCUT2D eigenvalue weighted by Crippen LogP contribution is -2.14. The maximum absolute atomic E-state index is 5.44. The van der Waals surface area contributed by atoms with E-state index in [0.29, 0.717) is 0 Å². The molecule has 6 heteroatoms. The quantitative estimate of drug-likeness (QED) is 0.356. The summed E-state index contributed by atoms with van der Waals surface area (Å²) in [5, 5.41) is 2.53. The largest absolute Gasteiger partial charge is 0.497 e. The standard InChI is InChI=1S/C28H30N4O2/c1-33-17-7-9-23-21(15-17)19-11-13-29-25(27(19)31-23)5-3-4-6-26-28-20(12-14-30-26)22-16-18(34-2)8-10-24(22)32-28/h7-10,15-16,31-32H,3-6,11-14H2,1-2H3. The van der Waals surface area contributed by atoms with Crippen molar-refractivity contribution in [3.8, 4) is 11.5 Å². The Morgan fingerprint density at radius 3 is 1.62 bits per heavy atom. The van der Waals surface area contributed by atoms with E-state index in [4.69, 9.17) is 19.5 Å². The minimum absolute atomic E-state index is 0.862. The van der Waals surface area contributed by atoms with Gasteiger partial charge in [0, 0.05) is 34.9 Å². The summed E-state index contributed by atoms with van der Waals surface area (Å²) in [4.78, 5) is 17.0. The van der Waals surface area contributed by atoms with Gasteiger partial charge in [0.05, 0.1) is 37.0 Å². The van der Waals surface area contributed by atoms with Gasteiger partial charge >= 0.3 is 0 Å². The van der Waals surface area contributed by atoms with Crippen LogP contribution in [-0.4, -0.2) is 48.7 Å². The van der Waals surface area contributed by atoms with Crippen LogP contribution in [0.2, 0.25) is 0 Å². The van der Waals surface area contributed by atoms with E-state index in [1.54, 1.807) is 14.2 Å². The zero-order valence-corrected chi connectivity index (χ0v) is 19.8. The van der Waals surface area contributed by atoms with Crippen LogP contribution in [-0.2, 0) is 12.8 Å². The van der Waals surface area contributed by atoms with Gasteiger partial charge in [0.25, 0.3) is 0 Å². The van der Waals surface area contributed by atoms with Crippen LogP contribution >= 0.6 is 0 Å². The molecule has 6 nitrogen and oxygen atoms in total. The van der Waals surface area contributed by atoms with Gasteiger partial charge in [-0.15, -0.1) is 0 Å². The van der Waals surface area contributed by atoms with Gasteiger partial charge in [-0.05, 0) is 86.1 Å². The molecule has 0 radical (unpaired) electrons. The highest BCUT2D eigenvalue weighted by atomic mass is 16.5. The Kier molecular flexibility index (Phi) is 5.36. The summed E-state index contributed by atoms with van der Waals surface area (Å²) in [6.45, 7) is 1.72. The fraction of sp³-hybridized carbons (Fsp3) is 0.357. The molecule has 174 valence electrons. The van der Waals surface area contributed by atoms with Crippen molar-refractivity contribution in [2.24, 2.45) is 9.98 Å². The normalized spacial score (nSPS) is 15.1. The lowest BCUT2D eigenvalue weighted by Gasteiger charge is -2.15. The number of rotatable bonds is 7. The summed E-state index contributed by atoms with van der Waals surface area (Å²) < 4.78 is 10.9. The highest BCUT2D eigenvalue weighted by molar-refractivity contribution is 6.07. The van der Waals surface area contributed by atoms with Gasteiger partial charge < -0.3 is 19.4 Å². The van der Waals surface area contributed by atoms with Gasteiger partial charge in [0.15, 0.2) is 0 Å². The molecule has 2 aromatic heterocycles. The van der Waals surface area contributed by atoms with E-state index < -0.39 is 0 Å². The monoisotopic (exact) mass is 454 g/mol. The fourth-order valence-corrected chi connectivity index (χ4v) is 5.48. The molecule has 0 amide bonds. The van der Waals surface area contributed by atoms with Gasteiger partial charge in [-0.3, -0.25) is 9.98 Å². The molecule has 4 heterocycles. The van der Waals surface area contributed by atoms with Gasteiger partial charge in [0.1, 0.15) is 11.5 Å². The zero-order valence-electron chi connectivity index (χ0n) is 19.8. The number of aromatic amines is 2. The number of hydrogen-bond donors (Lipinski definition) is 2. The van der Waals surface area contributed by atoms with Crippen LogP contribution in [0.25, 0.3) is 21.8 Å². The van der Waals surface area contributed by atoms with Gasteiger partial charge in [-0.1, -0.05) is 0 Å². The van der Waals surface area contributed by atoms with Crippen molar-refractivity contribution in [3.63, 3.8) is 0 Å². The molecule has 0 fully saturated rings. The van der Waals surface area contributed by atoms with E-state index in [2.05, 4.69) is 34.2 Å². The van der Waals surface area contributed by atoms with E-state index >= 15 is 0 Å². The number of methoxy groups -OCH3 is 2. The average Bonchev–Trinajstić information content (AvgIpc) is 3.44. The van der Waals surface area contributed by atoms with Crippen LogP contribution in [0.5, 0.6) is 11.5 Å². The third-order valence-electron chi connectivity index (χ3n) is 7.21.